The van der Waals surface area contributed by atoms with Crippen LogP contribution in [0.25, 0.3) is 0 Å². The fraction of sp³-hybridized carbons (Fsp3) is 0.417. The van der Waals surface area contributed by atoms with Crippen LogP contribution in [0.3, 0.4) is 0 Å². The van der Waals surface area contributed by atoms with E-state index in [-0.39, 0.29) is 17.1 Å². The van der Waals surface area contributed by atoms with Gasteiger partial charge in [-0.1, -0.05) is 37.0 Å². The summed E-state index contributed by atoms with van der Waals surface area (Å²) in [4.78, 5) is 12.0. The minimum atomic E-state index is 0.121. The molecule has 1 atom stereocenters. The minimum Gasteiger partial charge on any atom is -0.294 e. The van der Waals surface area contributed by atoms with Crippen LogP contribution in [0.1, 0.15) is 30.6 Å². The van der Waals surface area contributed by atoms with Gasteiger partial charge in [-0.3, -0.25) is 4.79 Å². The second-order valence-electron chi connectivity index (χ2n) is 4.73. The molecule has 1 aliphatic rings. The number of carbonyl (C=O) groups excluding carboxylic acids is 1. The van der Waals surface area contributed by atoms with Gasteiger partial charge in [-0.05, 0) is 30.0 Å². The molecule has 0 spiro atoms. The second kappa shape index (κ2) is 3.50. The van der Waals surface area contributed by atoms with Crippen molar-refractivity contribution in [1.82, 2.24) is 0 Å². The van der Waals surface area contributed by atoms with E-state index in [9.17, 15) is 4.79 Å². The van der Waals surface area contributed by atoms with Gasteiger partial charge >= 0.3 is 0 Å². The number of hydrogen-bond donors (Lipinski definition) is 0. The van der Waals surface area contributed by atoms with Crippen LogP contribution in [0.2, 0.25) is 10.0 Å². The highest BCUT2D eigenvalue weighted by Gasteiger charge is 2.50. The van der Waals surface area contributed by atoms with Crippen LogP contribution < -0.4 is 0 Å². The average Bonchev–Trinajstić information content (AvgIpc) is 2.74. The van der Waals surface area contributed by atoms with Crippen molar-refractivity contribution < 1.29 is 4.79 Å². The number of Topliss-reactive ketones (excluding diaryl/α,β-unsaturated/α-hetero) is 1. The standard InChI is InChI=1S/C12H12Cl2O/c1-12(2)6-9(12)11(15)8-4-3-7(13)5-10(8)14/h3-5,9H,6H2,1-2H3. The molecule has 0 bridgehead atoms. The number of rotatable bonds is 2. The Bertz CT molecular complexity index is 424. The first-order valence-electron chi connectivity index (χ1n) is 4.91. The predicted molar refractivity (Wildman–Crippen MR) is 62.7 cm³/mol. The first-order valence-corrected chi connectivity index (χ1v) is 5.67. The first-order chi connectivity index (χ1) is 6.92. The zero-order chi connectivity index (χ0) is 11.2. The molecule has 80 valence electrons. The molecule has 1 nitrogen and oxygen atoms in total. The molecule has 0 aliphatic heterocycles. The smallest absolute Gasteiger partial charge is 0.167 e. The molecule has 0 N–H and O–H groups in total. The van der Waals surface area contributed by atoms with E-state index in [1.54, 1.807) is 18.2 Å². The monoisotopic (exact) mass is 242 g/mol. The van der Waals surface area contributed by atoms with Crippen LogP contribution in [0.4, 0.5) is 0 Å². The molecule has 0 heterocycles. The van der Waals surface area contributed by atoms with Gasteiger partial charge in [0.25, 0.3) is 0 Å². The maximum absolute atomic E-state index is 12.0. The third kappa shape index (κ3) is 2.04. The Morgan fingerprint density at radius 1 is 1.40 bits per heavy atom. The second-order valence-corrected chi connectivity index (χ2v) is 5.58. The Hall–Kier alpha value is -0.530. The van der Waals surface area contributed by atoms with E-state index < -0.39 is 0 Å². The van der Waals surface area contributed by atoms with E-state index in [1.165, 1.54) is 0 Å². The van der Waals surface area contributed by atoms with Gasteiger partial charge in [-0.2, -0.15) is 0 Å². The lowest BCUT2D eigenvalue weighted by atomic mass is 10.0. The average molecular weight is 243 g/mol. The summed E-state index contributed by atoms with van der Waals surface area (Å²) in [6, 6.07) is 5.03. The summed E-state index contributed by atoms with van der Waals surface area (Å²) >= 11 is 11.8. The molecular formula is C12H12Cl2O. The van der Waals surface area contributed by atoms with Crippen molar-refractivity contribution in [3.05, 3.63) is 33.8 Å². The van der Waals surface area contributed by atoms with E-state index in [2.05, 4.69) is 13.8 Å². The summed E-state index contributed by atoms with van der Waals surface area (Å²) in [5, 5.41) is 1.02. The van der Waals surface area contributed by atoms with Crippen molar-refractivity contribution in [1.29, 1.82) is 0 Å². The Balaban J connectivity index is 2.27. The lowest BCUT2D eigenvalue weighted by molar-refractivity contribution is 0.0953. The van der Waals surface area contributed by atoms with Gasteiger partial charge in [-0.15, -0.1) is 0 Å². The molecule has 2 rings (SSSR count). The van der Waals surface area contributed by atoms with Crippen LogP contribution in [0.15, 0.2) is 18.2 Å². The Labute approximate surface area is 99.4 Å². The highest BCUT2D eigenvalue weighted by molar-refractivity contribution is 6.37. The molecule has 1 aromatic carbocycles. The molecule has 1 fully saturated rings. The summed E-state index contributed by atoms with van der Waals surface area (Å²) in [6.45, 7) is 4.19. The zero-order valence-corrected chi connectivity index (χ0v) is 10.2. The Morgan fingerprint density at radius 3 is 2.47 bits per heavy atom. The molecule has 3 heteroatoms. The largest absolute Gasteiger partial charge is 0.294 e. The van der Waals surface area contributed by atoms with Crippen molar-refractivity contribution in [2.45, 2.75) is 20.3 Å². The molecule has 1 aromatic rings. The molecule has 1 saturated carbocycles. The number of ketones is 1. The quantitative estimate of drug-likeness (QED) is 0.710. The minimum absolute atomic E-state index is 0.121. The van der Waals surface area contributed by atoms with Gasteiger partial charge in [0.05, 0.1) is 5.02 Å². The fourth-order valence-corrected chi connectivity index (χ4v) is 2.29. The van der Waals surface area contributed by atoms with Crippen LogP contribution in [-0.4, -0.2) is 5.78 Å². The van der Waals surface area contributed by atoms with Crippen molar-refractivity contribution >= 4 is 29.0 Å². The van der Waals surface area contributed by atoms with Crippen molar-refractivity contribution in [2.24, 2.45) is 11.3 Å². The third-order valence-electron chi connectivity index (χ3n) is 3.03. The molecule has 1 aliphatic carbocycles. The van der Waals surface area contributed by atoms with Crippen LogP contribution in [0, 0.1) is 11.3 Å². The third-order valence-corrected chi connectivity index (χ3v) is 3.57. The van der Waals surface area contributed by atoms with Gasteiger partial charge in [0.15, 0.2) is 5.78 Å². The van der Waals surface area contributed by atoms with Crippen molar-refractivity contribution in [2.75, 3.05) is 0 Å². The van der Waals surface area contributed by atoms with E-state index in [0.717, 1.165) is 6.42 Å². The number of benzene rings is 1. The topological polar surface area (TPSA) is 17.1 Å². The van der Waals surface area contributed by atoms with E-state index >= 15 is 0 Å². The zero-order valence-electron chi connectivity index (χ0n) is 8.68. The van der Waals surface area contributed by atoms with Crippen molar-refractivity contribution in [3.8, 4) is 0 Å². The normalized spacial score (nSPS) is 22.5. The van der Waals surface area contributed by atoms with Crippen LogP contribution >= 0.6 is 23.2 Å². The maximum atomic E-state index is 12.0. The fourth-order valence-electron chi connectivity index (χ4n) is 1.79. The van der Waals surface area contributed by atoms with Gasteiger partial charge in [0.2, 0.25) is 0 Å². The summed E-state index contributed by atoms with van der Waals surface area (Å²) in [6.07, 6.45) is 0.949. The Kier molecular flexibility index (Phi) is 2.56. The molecule has 0 saturated heterocycles. The molecule has 0 amide bonds. The highest BCUT2D eigenvalue weighted by Crippen LogP contribution is 2.53. The highest BCUT2D eigenvalue weighted by atomic mass is 35.5. The van der Waals surface area contributed by atoms with E-state index in [4.69, 9.17) is 23.2 Å². The van der Waals surface area contributed by atoms with Crippen LogP contribution in [-0.2, 0) is 0 Å². The van der Waals surface area contributed by atoms with Gasteiger partial charge in [0, 0.05) is 16.5 Å². The lowest BCUT2D eigenvalue weighted by Gasteiger charge is -2.05. The molecule has 0 radical (unpaired) electrons. The molecular weight excluding hydrogens is 231 g/mol. The van der Waals surface area contributed by atoms with Crippen LogP contribution in [0.5, 0.6) is 0 Å². The lowest BCUT2D eigenvalue weighted by Crippen LogP contribution is -2.07. The van der Waals surface area contributed by atoms with Gasteiger partial charge in [-0.25, -0.2) is 0 Å². The van der Waals surface area contributed by atoms with Gasteiger partial charge < -0.3 is 0 Å². The first kappa shape index (κ1) is 11.0. The summed E-state index contributed by atoms with van der Waals surface area (Å²) < 4.78 is 0. The number of hydrogen-bond acceptors (Lipinski definition) is 1. The summed E-state index contributed by atoms with van der Waals surface area (Å²) in [5.74, 6) is 0.262. The molecule has 15 heavy (non-hydrogen) atoms. The summed E-state index contributed by atoms with van der Waals surface area (Å²) in [7, 11) is 0. The maximum Gasteiger partial charge on any atom is 0.167 e. The SMILES string of the molecule is CC1(C)CC1C(=O)c1ccc(Cl)cc1Cl. The Morgan fingerprint density at radius 2 is 2.00 bits per heavy atom. The number of halogens is 2. The van der Waals surface area contributed by atoms with Crippen molar-refractivity contribution in [3.63, 3.8) is 0 Å². The van der Waals surface area contributed by atoms with E-state index in [0.29, 0.717) is 15.6 Å². The van der Waals surface area contributed by atoms with Gasteiger partial charge in [0.1, 0.15) is 0 Å². The summed E-state index contributed by atoms with van der Waals surface area (Å²) in [5.41, 5.74) is 0.733. The predicted octanol–water partition coefficient (Wildman–Crippen LogP) is 4.22. The van der Waals surface area contributed by atoms with E-state index in [1.807, 2.05) is 0 Å². The number of carbonyl (C=O) groups is 1. The molecule has 1 unspecified atom stereocenters. The molecule has 0 aromatic heterocycles.